The number of piperidine rings is 1. The molecule has 0 aliphatic carbocycles. The van der Waals surface area contributed by atoms with Gasteiger partial charge in [0.2, 0.25) is 11.8 Å². The van der Waals surface area contributed by atoms with Crippen LogP contribution in [-0.4, -0.2) is 62.5 Å². The first kappa shape index (κ1) is 16.8. The Morgan fingerprint density at radius 3 is 3.12 bits per heavy atom. The smallest absolute Gasteiger partial charge is 0.232 e. The van der Waals surface area contributed by atoms with Crippen molar-refractivity contribution < 1.29 is 9.13 Å². The van der Waals surface area contributed by atoms with E-state index in [1.165, 1.54) is 0 Å². The van der Waals surface area contributed by atoms with Crippen LogP contribution in [0.3, 0.4) is 0 Å². The monoisotopic (exact) mass is 359 g/mol. The summed E-state index contributed by atoms with van der Waals surface area (Å²) in [6.45, 7) is 3.71. The van der Waals surface area contributed by atoms with Crippen molar-refractivity contribution in [3.05, 3.63) is 24.7 Å². The molecule has 1 aliphatic rings. The summed E-state index contributed by atoms with van der Waals surface area (Å²) in [5.74, 6) is 0.927. The highest BCUT2D eigenvalue weighted by Crippen LogP contribution is 2.27. The minimum absolute atomic E-state index is 0.243. The molecule has 26 heavy (non-hydrogen) atoms. The summed E-state index contributed by atoms with van der Waals surface area (Å²) >= 11 is 0. The van der Waals surface area contributed by atoms with Gasteiger partial charge in [-0.2, -0.15) is 15.1 Å². The predicted molar refractivity (Wildman–Crippen MR) is 96.6 cm³/mol. The van der Waals surface area contributed by atoms with Gasteiger partial charge in [0.05, 0.1) is 29.9 Å². The Morgan fingerprint density at radius 1 is 1.42 bits per heavy atom. The van der Waals surface area contributed by atoms with Crippen molar-refractivity contribution >= 4 is 22.7 Å². The van der Waals surface area contributed by atoms with Crippen LogP contribution >= 0.6 is 0 Å². The van der Waals surface area contributed by atoms with Gasteiger partial charge in [0.15, 0.2) is 0 Å². The number of H-pyrrole nitrogens is 1. The van der Waals surface area contributed by atoms with E-state index in [1.54, 1.807) is 23.3 Å². The molecule has 3 aromatic rings. The zero-order valence-corrected chi connectivity index (χ0v) is 14.8. The summed E-state index contributed by atoms with van der Waals surface area (Å²) < 4.78 is 21.6. The van der Waals surface area contributed by atoms with Gasteiger partial charge in [0.25, 0.3) is 0 Å². The van der Waals surface area contributed by atoms with Crippen molar-refractivity contribution in [2.45, 2.75) is 25.6 Å². The highest BCUT2D eigenvalue weighted by Gasteiger charge is 2.29. The lowest BCUT2D eigenvalue weighted by atomic mass is 10.0. The third-order valence-corrected chi connectivity index (χ3v) is 4.57. The number of halogens is 1. The fourth-order valence-electron chi connectivity index (χ4n) is 3.27. The number of aromatic amines is 1. The third kappa shape index (κ3) is 3.22. The van der Waals surface area contributed by atoms with Gasteiger partial charge in [-0.15, -0.1) is 0 Å². The van der Waals surface area contributed by atoms with E-state index in [0.717, 1.165) is 18.4 Å². The Labute approximate surface area is 150 Å². The van der Waals surface area contributed by atoms with Crippen LogP contribution in [0.25, 0.3) is 11.0 Å². The molecule has 0 bridgehead atoms. The minimum atomic E-state index is -0.933. The van der Waals surface area contributed by atoms with E-state index >= 15 is 0 Å². The van der Waals surface area contributed by atoms with Crippen LogP contribution < -0.4 is 10.1 Å². The van der Waals surface area contributed by atoms with Gasteiger partial charge < -0.3 is 19.9 Å². The lowest BCUT2D eigenvalue weighted by molar-refractivity contribution is 0.101. The maximum absolute atomic E-state index is 14.3. The molecule has 4 heterocycles. The number of hydrogen-bond donors (Lipinski definition) is 2. The number of nitrogens with one attached hydrogen (secondary N) is 2. The molecule has 0 spiro atoms. The highest BCUT2D eigenvalue weighted by atomic mass is 19.1. The second-order valence-corrected chi connectivity index (χ2v) is 6.49. The maximum atomic E-state index is 14.3. The summed E-state index contributed by atoms with van der Waals surface area (Å²) in [4.78, 5) is 13.9. The van der Waals surface area contributed by atoms with Crippen LogP contribution in [0, 0.1) is 0 Å². The summed E-state index contributed by atoms with van der Waals surface area (Å²) in [5, 5.41) is 8.29. The molecule has 0 amide bonds. The molecule has 0 unspecified atom stereocenters. The van der Waals surface area contributed by atoms with Crippen LogP contribution in [0.2, 0.25) is 0 Å². The van der Waals surface area contributed by atoms with Gasteiger partial charge in [0, 0.05) is 25.5 Å². The molecule has 2 atom stereocenters. The molecular weight excluding hydrogens is 337 g/mol. The van der Waals surface area contributed by atoms with E-state index < -0.39 is 6.17 Å². The zero-order chi connectivity index (χ0) is 18.1. The zero-order valence-electron chi connectivity index (χ0n) is 14.8. The van der Waals surface area contributed by atoms with Crippen LogP contribution in [0.4, 0.5) is 16.0 Å². The summed E-state index contributed by atoms with van der Waals surface area (Å²) in [5.41, 5.74) is 1.40. The van der Waals surface area contributed by atoms with Gasteiger partial charge in [-0.05, 0) is 26.5 Å². The molecule has 0 radical (unpaired) electrons. The number of fused-ring (bicyclic) bond motifs is 1. The molecule has 1 fully saturated rings. The van der Waals surface area contributed by atoms with Crippen LogP contribution in [0.5, 0.6) is 5.88 Å². The fraction of sp³-hybridized carbons (Fsp3) is 0.471. The molecular formula is C17H22FN7O. The largest absolute Gasteiger partial charge is 0.477 e. The lowest BCUT2D eigenvalue weighted by Gasteiger charge is -2.32. The van der Waals surface area contributed by atoms with Crippen molar-refractivity contribution in [3.63, 3.8) is 0 Å². The van der Waals surface area contributed by atoms with E-state index in [0.29, 0.717) is 36.3 Å². The fourth-order valence-corrected chi connectivity index (χ4v) is 3.27. The second-order valence-electron chi connectivity index (χ2n) is 6.49. The first-order chi connectivity index (χ1) is 12.6. The van der Waals surface area contributed by atoms with Gasteiger partial charge in [-0.3, -0.25) is 4.68 Å². The van der Waals surface area contributed by atoms with Gasteiger partial charge in [-0.25, -0.2) is 4.39 Å². The molecule has 1 saturated heterocycles. The van der Waals surface area contributed by atoms with Crippen LogP contribution in [0.1, 0.15) is 19.4 Å². The third-order valence-electron chi connectivity index (χ3n) is 4.57. The summed E-state index contributed by atoms with van der Waals surface area (Å²) in [6, 6.07) is 1.64. The topological polar surface area (TPSA) is 83.9 Å². The SMILES string of the molecule is CCOc1nc(Nc2cnn([C@@H]3CCN(C)C[C@H]3F)c2)nc2[nH]ccc12. The standard InChI is InChI=1S/C17H22FN7O/c1-3-26-16-12-4-6-19-15(12)22-17(23-16)21-11-8-20-25(9-11)14-5-7-24(2)10-13(14)18/h4,6,8-9,13-14H,3,5,7,10H2,1-2H3,(H2,19,21,22,23)/t13-,14-/m1/s1. The number of aromatic nitrogens is 5. The van der Waals surface area contributed by atoms with E-state index in [9.17, 15) is 4.39 Å². The number of likely N-dealkylation sites (tertiary alicyclic amines) is 1. The lowest BCUT2D eigenvalue weighted by Crippen LogP contribution is -2.40. The average Bonchev–Trinajstić information content (AvgIpc) is 3.25. The van der Waals surface area contributed by atoms with E-state index in [-0.39, 0.29) is 6.04 Å². The molecule has 1 aliphatic heterocycles. The Kier molecular flexibility index (Phi) is 4.46. The number of anilines is 2. The maximum Gasteiger partial charge on any atom is 0.232 e. The molecule has 9 heteroatoms. The van der Waals surface area contributed by atoms with E-state index in [4.69, 9.17) is 4.74 Å². The normalized spacial score (nSPS) is 21.2. The van der Waals surface area contributed by atoms with Crippen molar-refractivity contribution in [1.82, 2.24) is 29.6 Å². The van der Waals surface area contributed by atoms with E-state index in [2.05, 4.69) is 25.4 Å². The van der Waals surface area contributed by atoms with Gasteiger partial charge >= 0.3 is 0 Å². The molecule has 2 N–H and O–H groups in total. The van der Waals surface area contributed by atoms with Crippen LogP contribution in [0.15, 0.2) is 24.7 Å². The predicted octanol–water partition coefficient (Wildman–Crippen LogP) is 2.51. The van der Waals surface area contributed by atoms with Gasteiger partial charge in [-0.1, -0.05) is 0 Å². The van der Waals surface area contributed by atoms with E-state index in [1.807, 2.05) is 24.9 Å². The van der Waals surface area contributed by atoms with Crippen molar-refractivity contribution in [2.24, 2.45) is 0 Å². The molecule has 4 rings (SSSR count). The molecule has 3 aromatic heterocycles. The first-order valence-corrected chi connectivity index (χ1v) is 8.75. The van der Waals surface area contributed by atoms with Crippen LogP contribution in [-0.2, 0) is 0 Å². The molecule has 138 valence electrons. The van der Waals surface area contributed by atoms with Crippen molar-refractivity contribution in [2.75, 3.05) is 32.1 Å². The Bertz CT molecular complexity index is 892. The quantitative estimate of drug-likeness (QED) is 0.728. The Balaban J connectivity index is 1.55. The van der Waals surface area contributed by atoms with Crippen molar-refractivity contribution in [1.29, 1.82) is 0 Å². The molecule has 0 saturated carbocycles. The van der Waals surface area contributed by atoms with Gasteiger partial charge in [0.1, 0.15) is 11.8 Å². The Morgan fingerprint density at radius 2 is 2.31 bits per heavy atom. The first-order valence-electron chi connectivity index (χ1n) is 8.75. The number of nitrogens with zero attached hydrogens (tertiary/aromatic N) is 5. The minimum Gasteiger partial charge on any atom is -0.477 e. The molecule has 8 nitrogen and oxygen atoms in total. The molecule has 0 aromatic carbocycles. The number of rotatable bonds is 5. The highest BCUT2D eigenvalue weighted by molar-refractivity contribution is 5.82. The average molecular weight is 359 g/mol. The number of ether oxygens (including phenoxy) is 1. The second kappa shape index (κ2) is 6.91. The van der Waals surface area contributed by atoms with Crippen molar-refractivity contribution in [3.8, 4) is 5.88 Å². The summed E-state index contributed by atoms with van der Waals surface area (Å²) in [6.07, 6.45) is 5.06. The number of hydrogen-bond acceptors (Lipinski definition) is 6. The number of alkyl halides is 1. The summed E-state index contributed by atoms with van der Waals surface area (Å²) in [7, 11) is 1.93. The Hall–Kier alpha value is -2.68.